The van der Waals surface area contributed by atoms with Gasteiger partial charge in [-0.3, -0.25) is 0 Å². The first-order valence-electron chi connectivity index (χ1n) is 8.14. The molecule has 0 saturated carbocycles. The van der Waals surface area contributed by atoms with E-state index in [0.717, 1.165) is 11.1 Å². The smallest absolute Gasteiger partial charge is 0.331 e. The Bertz CT molecular complexity index is 935. The van der Waals surface area contributed by atoms with Gasteiger partial charge in [-0.1, -0.05) is 41.6 Å². The first kappa shape index (κ1) is 18.2. The Morgan fingerprint density at radius 1 is 1.07 bits per heavy atom. The van der Waals surface area contributed by atoms with Crippen LogP contribution in [0.15, 0.2) is 59.1 Å². The van der Waals surface area contributed by atoms with Gasteiger partial charge in [0.2, 0.25) is 5.82 Å². The Morgan fingerprint density at radius 2 is 1.85 bits per heavy atom. The summed E-state index contributed by atoms with van der Waals surface area (Å²) in [6.45, 7) is -0.102. The summed E-state index contributed by atoms with van der Waals surface area (Å²) in [5, 5.41) is 3.87. The summed E-state index contributed by atoms with van der Waals surface area (Å²) in [6, 6.07) is 14.7. The van der Waals surface area contributed by atoms with Crippen molar-refractivity contribution in [2.75, 3.05) is 14.2 Å². The van der Waals surface area contributed by atoms with Crippen LogP contribution in [0.3, 0.4) is 0 Å². The molecule has 7 heteroatoms. The zero-order valence-electron chi connectivity index (χ0n) is 14.9. The molecule has 0 saturated heterocycles. The van der Waals surface area contributed by atoms with Crippen molar-refractivity contribution in [3.63, 3.8) is 0 Å². The van der Waals surface area contributed by atoms with Gasteiger partial charge >= 0.3 is 5.97 Å². The average Bonchev–Trinajstić information content (AvgIpc) is 3.20. The lowest BCUT2D eigenvalue weighted by Crippen LogP contribution is -2.01. The molecule has 0 N–H and O–H groups in total. The Kier molecular flexibility index (Phi) is 5.84. The minimum Gasteiger partial charge on any atom is -0.493 e. The van der Waals surface area contributed by atoms with E-state index in [1.807, 2.05) is 30.3 Å². The maximum Gasteiger partial charge on any atom is 0.331 e. The zero-order chi connectivity index (χ0) is 19.1. The van der Waals surface area contributed by atoms with Gasteiger partial charge in [-0.05, 0) is 23.8 Å². The van der Waals surface area contributed by atoms with Gasteiger partial charge in [0, 0.05) is 11.6 Å². The number of hydrogen-bond donors (Lipinski definition) is 0. The molecule has 0 aliphatic heterocycles. The SMILES string of the molecule is COc1ccc(/C=C/C(=O)OCc2nc(-c3ccccc3)no2)cc1OC. The first-order chi connectivity index (χ1) is 13.2. The Hall–Kier alpha value is -3.61. The van der Waals surface area contributed by atoms with Crippen LogP contribution >= 0.6 is 0 Å². The van der Waals surface area contributed by atoms with E-state index >= 15 is 0 Å². The minimum atomic E-state index is -0.524. The van der Waals surface area contributed by atoms with Crippen molar-refractivity contribution < 1.29 is 23.5 Å². The summed E-state index contributed by atoms with van der Waals surface area (Å²) in [5.74, 6) is 1.34. The third-order valence-corrected chi connectivity index (χ3v) is 3.66. The fourth-order valence-electron chi connectivity index (χ4n) is 2.32. The van der Waals surface area contributed by atoms with Crippen LogP contribution in [-0.2, 0) is 16.1 Å². The van der Waals surface area contributed by atoms with Crippen molar-refractivity contribution in [3.05, 3.63) is 66.1 Å². The predicted molar refractivity (Wildman–Crippen MR) is 98.1 cm³/mol. The number of nitrogens with zero attached hydrogens (tertiary/aromatic N) is 2. The second-order valence-electron chi connectivity index (χ2n) is 5.43. The fraction of sp³-hybridized carbons (Fsp3) is 0.150. The van der Waals surface area contributed by atoms with E-state index in [1.165, 1.54) is 6.08 Å². The molecule has 0 bridgehead atoms. The molecular formula is C20H18N2O5. The van der Waals surface area contributed by atoms with E-state index in [2.05, 4.69) is 10.1 Å². The second kappa shape index (κ2) is 8.66. The van der Waals surface area contributed by atoms with Crippen LogP contribution in [0.5, 0.6) is 11.5 Å². The van der Waals surface area contributed by atoms with E-state index in [1.54, 1.807) is 38.5 Å². The Balaban J connectivity index is 1.57. The van der Waals surface area contributed by atoms with Crippen molar-refractivity contribution in [3.8, 4) is 22.9 Å². The second-order valence-corrected chi connectivity index (χ2v) is 5.43. The number of hydrogen-bond acceptors (Lipinski definition) is 7. The maximum atomic E-state index is 11.9. The number of aromatic nitrogens is 2. The molecule has 0 unspecified atom stereocenters. The summed E-state index contributed by atoms with van der Waals surface area (Å²) in [5.41, 5.74) is 1.60. The van der Waals surface area contributed by atoms with Gasteiger partial charge in [0.15, 0.2) is 18.1 Å². The normalized spacial score (nSPS) is 10.7. The molecule has 27 heavy (non-hydrogen) atoms. The molecule has 0 spiro atoms. The van der Waals surface area contributed by atoms with E-state index < -0.39 is 5.97 Å². The molecule has 138 valence electrons. The first-order valence-corrected chi connectivity index (χ1v) is 8.14. The van der Waals surface area contributed by atoms with Gasteiger partial charge in [0.1, 0.15) is 0 Å². The highest BCUT2D eigenvalue weighted by Gasteiger charge is 2.10. The van der Waals surface area contributed by atoms with Crippen molar-refractivity contribution in [2.45, 2.75) is 6.61 Å². The van der Waals surface area contributed by atoms with Gasteiger partial charge in [0.05, 0.1) is 14.2 Å². The third kappa shape index (κ3) is 4.72. The van der Waals surface area contributed by atoms with E-state index in [9.17, 15) is 4.79 Å². The van der Waals surface area contributed by atoms with Gasteiger partial charge < -0.3 is 18.7 Å². The topological polar surface area (TPSA) is 83.7 Å². The van der Waals surface area contributed by atoms with Crippen LogP contribution in [0.2, 0.25) is 0 Å². The average molecular weight is 366 g/mol. The van der Waals surface area contributed by atoms with E-state index in [4.69, 9.17) is 18.7 Å². The van der Waals surface area contributed by atoms with Crippen LogP contribution < -0.4 is 9.47 Å². The lowest BCUT2D eigenvalue weighted by molar-refractivity contribution is -0.139. The minimum absolute atomic E-state index is 0.102. The Labute approximate surface area is 156 Å². The molecule has 1 heterocycles. The fourth-order valence-corrected chi connectivity index (χ4v) is 2.32. The number of methoxy groups -OCH3 is 2. The standard InChI is InChI=1S/C20H18N2O5/c1-24-16-10-8-14(12-17(16)25-2)9-11-19(23)26-13-18-21-20(22-27-18)15-6-4-3-5-7-15/h3-12H,13H2,1-2H3/b11-9+. The Morgan fingerprint density at radius 3 is 2.59 bits per heavy atom. The van der Waals surface area contributed by atoms with Crippen LogP contribution in [0, 0.1) is 0 Å². The number of ether oxygens (including phenoxy) is 3. The predicted octanol–water partition coefficient (Wildman–Crippen LogP) is 3.51. The molecule has 0 amide bonds. The quantitative estimate of drug-likeness (QED) is 0.467. The summed E-state index contributed by atoms with van der Waals surface area (Å²) in [4.78, 5) is 16.1. The zero-order valence-corrected chi connectivity index (χ0v) is 14.9. The molecule has 0 radical (unpaired) electrons. The molecular weight excluding hydrogens is 348 g/mol. The van der Waals surface area contributed by atoms with E-state index in [-0.39, 0.29) is 12.5 Å². The summed E-state index contributed by atoms with van der Waals surface area (Å²) in [6.07, 6.45) is 2.93. The largest absolute Gasteiger partial charge is 0.493 e. The number of carbonyl (C=O) groups is 1. The summed E-state index contributed by atoms with van der Waals surface area (Å²) >= 11 is 0. The van der Waals surface area contributed by atoms with Gasteiger partial charge in [-0.2, -0.15) is 4.98 Å². The maximum absolute atomic E-state index is 11.9. The van der Waals surface area contributed by atoms with Gasteiger partial charge in [-0.25, -0.2) is 4.79 Å². The van der Waals surface area contributed by atoms with Crippen molar-refractivity contribution >= 4 is 12.0 Å². The van der Waals surface area contributed by atoms with Gasteiger partial charge in [0.25, 0.3) is 5.89 Å². The molecule has 3 aromatic rings. The lowest BCUT2D eigenvalue weighted by Gasteiger charge is -2.07. The van der Waals surface area contributed by atoms with Crippen molar-refractivity contribution in [1.29, 1.82) is 0 Å². The molecule has 2 aromatic carbocycles. The molecule has 0 fully saturated rings. The number of esters is 1. The molecule has 0 atom stereocenters. The molecule has 1 aromatic heterocycles. The summed E-state index contributed by atoms with van der Waals surface area (Å²) in [7, 11) is 3.11. The molecule has 0 aliphatic rings. The van der Waals surface area contributed by atoms with Crippen molar-refractivity contribution in [1.82, 2.24) is 10.1 Å². The highest BCUT2D eigenvalue weighted by molar-refractivity contribution is 5.87. The number of carbonyl (C=O) groups excluding carboxylic acids is 1. The third-order valence-electron chi connectivity index (χ3n) is 3.66. The van der Waals surface area contributed by atoms with Crippen LogP contribution in [0.4, 0.5) is 0 Å². The van der Waals surface area contributed by atoms with E-state index in [0.29, 0.717) is 17.3 Å². The number of benzene rings is 2. The lowest BCUT2D eigenvalue weighted by atomic mass is 10.2. The van der Waals surface area contributed by atoms with Crippen LogP contribution in [0.25, 0.3) is 17.5 Å². The molecule has 0 aliphatic carbocycles. The number of rotatable bonds is 7. The highest BCUT2D eigenvalue weighted by Crippen LogP contribution is 2.28. The molecule has 3 rings (SSSR count). The summed E-state index contributed by atoms with van der Waals surface area (Å²) < 4.78 is 20.6. The van der Waals surface area contributed by atoms with Gasteiger partial charge in [-0.15, -0.1) is 0 Å². The monoisotopic (exact) mass is 366 g/mol. The van der Waals surface area contributed by atoms with Crippen LogP contribution in [-0.4, -0.2) is 30.3 Å². The van der Waals surface area contributed by atoms with Crippen molar-refractivity contribution in [2.24, 2.45) is 0 Å². The highest BCUT2D eigenvalue weighted by atomic mass is 16.6. The van der Waals surface area contributed by atoms with Crippen LogP contribution in [0.1, 0.15) is 11.5 Å². The molecule has 7 nitrogen and oxygen atoms in total.